The summed E-state index contributed by atoms with van der Waals surface area (Å²) in [4.78, 5) is 20.2. The Hall–Kier alpha value is -2.75. The van der Waals surface area contributed by atoms with Crippen molar-refractivity contribution < 1.29 is 17.6 Å². The van der Waals surface area contributed by atoms with Gasteiger partial charge in [-0.2, -0.15) is 0 Å². The van der Waals surface area contributed by atoms with E-state index in [1.165, 1.54) is 12.3 Å². The third kappa shape index (κ3) is 4.00. The first kappa shape index (κ1) is 19.0. The van der Waals surface area contributed by atoms with Crippen LogP contribution in [-0.4, -0.2) is 43.9 Å². The molecule has 2 amide bonds. The van der Waals surface area contributed by atoms with Crippen LogP contribution in [0.3, 0.4) is 0 Å². The second kappa shape index (κ2) is 7.10. The SMILES string of the molecule is CS(=O)(=O)C1(c2cc(N)nc(-c3ccc(NC(=O)NCCF)cc3)n2)CC1. The number of amides is 2. The van der Waals surface area contributed by atoms with E-state index in [1.54, 1.807) is 24.3 Å². The Bertz CT molecular complexity index is 959. The monoisotopic (exact) mass is 393 g/mol. The van der Waals surface area contributed by atoms with Gasteiger partial charge < -0.3 is 16.4 Å². The number of rotatable bonds is 6. The van der Waals surface area contributed by atoms with Crippen molar-refractivity contribution in [3.8, 4) is 11.4 Å². The van der Waals surface area contributed by atoms with E-state index in [-0.39, 0.29) is 12.4 Å². The zero-order valence-electron chi connectivity index (χ0n) is 14.7. The van der Waals surface area contributed by atoms with Crippen LogP contribution in [0, 0.1) is 0 Å². The quantitative estimate of drug-likeness (QED) is 0.687. The topological polar surface area (TPSA) is 127 Å². The normalized spacial score (nSPS) is 15.2. The Morgan fingerprint density at radius 2 is 1.93 bits per heavy atom. The Balaban J connectivity index is 1.84. The number of anilines is 2. The molecule has 144 valence electrons. The van der Waals surface area contributed by atoms with Crippen molar-refractivity contribution in [2.45, 2.75) is 17.6 Å². The molecule has 2 aromatic rings. The number of nitrogen functional groups attached to an aromatic ring is 1. The third-order valence-corrected chi connectivity index (χ3v) is 6.44. The lowest BCUT2D eigenvalue weighted by molar-refractivity contribution is 0.251. The average molecular weight is 393 g/mol. The highest BCUT2D eigenvalue weighted by atomic mass is 32.2. The molecule has 0 bridgehead atoms. The molecule has 1 heterocycles. The van der Waals surface area contributed by atoms with Crippen LogP contribution in [0.2, 0.25) is 0 Å². The fraction of sp³-hybridized carbons (Fsp3) is 0.353. The smallest absolute Gasteiger partial charge is 0.319 e. The van der Waals surface area contributed by atoms with Crippen LogP contribution in [-0.2, 0) is 14.6 Å². The summed E-state index contributed by atoms with van der Waals surface area (Å²) in [5.41, 5.74) is 7.40. The second-order valence-corrected chi connectivity index (χ2v) is 8.74. The molecule has 3 rings (SSSR count). The maximum Gasteiger partial charge on any atom is 0.319 e. The van der Waals surface area contributed by atoms with Gasteiger partial charge in [0.05, 0.1) is 5.69 Å². The summed E-state index contributed by atoms with van der Waals surface area (Å²) in [5.74, 6) is 0.506. The molecule has 0 aliphatic heterocycles. The summed E-state index contributed by atoms with van der Waals surface area (Å²) < 4.78 is 35.3. The van der Waals surface area contributed by atoms with Crippen LogP contribution in [0.4, 0.5) is 20.7 Å². The minimum absolute atomic E-state index is 0.0636. The van der Waals surface area contributed by atoms with Gasteiger partial charge in [0.25, 0.3) is 0 Å². The van der Waals surface area contributed by atoms with Gasteiger partial charge in [-0.15, -0.1) is 0 Å². The van der Waals surface area contributed by atoms with Crippen molar-refractivity contribution in [3.05, 3.63) is 36.0 Å². The molecule has 1 aromatic heterocycles. The second-order valence-electron chi connectivity index (χ2n) is 6.42. The molecule has 0 unspecified atom stereocenters. The van der Waals surface area contributed by atoms with Gasteiger partial charge in [-0.05, 0) is 37.1 Å². The van der Waals surface area contributed by atoms with E-state index >= 15 is 0 Å². The van der Waals surface area contributed by atoms with Crippen molar-refractivity contribution in [2.75, 3.05) is 30.5 Å². The number of benzene rings is 1. The zero-order chi connectivity index (χ0) is 19.7. The van der Waals surface area contributed by atoms with E-state index in [4.69, 9.17) is 5.73 Å². The van der Waals surface area contributed by atoms with Gasteiger partial charge in [0, 0.05) is 30.1 Å². The predicted molar refractivity (Wildman–Crippen MR) is 101 cm³/mol. The number of carbonyl (C=O) groups is 1. The van der Waals surface area contributed by atoms with Crippen LogP contribution in [0.25, 0.3) is 11.4 Å². The van der Waals surface area contributed by atoms with Gasteiger partial charge in [0.1, 0.15) is 17.2 Å². The maximum absolute atomic E-state index is 12.1. The van der Waals surface area contributed by atoms with Crippen LogP contribution in [0.5, 0.6) is 0 Å². The molecule has 0 atom stereocenters. The molecule has 1 aliphatic rings. The fourth-order valence-electron chi connectivity index (χ4n) is 2.80. The predicted octanol–water partition coefficient (Wildman–Crippen LogP) is 1.85. The minimum atomic E-state index is -3.31. The Labute approximate surface area is 156 Å². The number of nitrogens with zero attached hydrogens (tertiary/aromatic N) is 2. The lowest BCUT2D eigenvalue weighted by atomic mass is 10.1. The molecular formula is C17H20FN5O3S. The number of hydrogen-bond acceptors (Lipinski definition) is 6. The summed E-state index contributed by atoms with van der Waals surface area (Å²) in [6.07, 6.45) is 2.23. The third-order valence-electron chi connectivity index (χ3n) is 4.41. The minimum Gasteiger partial charge on any atom is -0.384 e. The number of alkyl halides is 1. The van der Waals surface area contributed by atoms with E-state index in [0.717, 1.165) is 0 Å². The van der Waals surface area contributed by atoms with E-state index in [1.807, 2.05) is 0 Å². The molecule has 10 heteroatoms. The Morgan fingerprint density at radius 1 is 1.26 bits per heavy atom. The summed E-state index contributed by atoms with van der Waals surface area (Å²) >= 11 is 0. The van der Waals surface area contributed by atoms with Crippen LogP contribution >= 0.6 is 0 Å². The lowest BCUT2D eigenvalue weighted by Crippen LogP contribution is -2.30. The molecule has 1 aliphatic carbocycles. The van der Waals surface area contributed by atoms with E-state index in [9.17, 15) is 17.6 Å². The fourth-order valence-corrected chi connectivity index (χ4v) is 4.13. The van der Waals surface area contributed by atoms with Crippen LogP contribution < -0.4 is 16.4 Å². The average Bonchev–Trinajstić information content (AvgIpc) is 3.42. The molecule has 0 spiro atoms. The Morgan fingerprint density at radius 3 is 2.48 bits per heavy atom. The van der Waals surface area contributed by atoms with E-state index < -0.39 is 27.3 Å². The van der Waals surface area contributed by atoms with Crippen LogP contribution in [0.15, 0.2) is 30.3 Å². The number of aromatic nitrogens is 2. The van der Waals surface area contributed by atoms with Gasteiger partial charge >= 0.3 is 6.03 Å². The molecule has 27 heavy (non-hydrogen) atoms. The van der Waals surface area contributed by atoms with Crippen molar-refractivity contribution in [2.24, 2.45) is 0 Å². The number of nitrogens with one attached hydrogen (secondary N) is 2. The summed E-state index contributed by atoms with van der Waals surface area (Å²) in [5, 5.41) is 4.93. The number of sulfone groups is 1. The molecule has 1 aromatic carbocycles. The highest BCUT2D eigenvalue weighted by Crippen LogP contribution is 2.52. The molecule has 1 fully saturated rings. The summed E-state index contributed by atoms with van der Waals surface area (Å²) in [6.45, 7) is -0.706. The Kier molecular flexibility index (Phi) is 5.01. The van der Waals surface area contributed by atoms with E-state index in [2.05, 4.69) is 20.6 Å². The molecule has 8 nitrogen and oxygen atoms in total. The number of hydrogen-bond donors (Lipinski definition) is 3. The molecular weight excluding hydrogens is 373 g/mol. The van der Waals surface area contributed by atoms with Gasteiger partial charge in [0.2, 0.25) is 0 Å². The molecule has 4 N–H and O–H groups in total. The highest BCUT2D eigenvalue weighted by molar-refractivity contribution is 7.91. The first-order valence-corrected chi connectivity index (χ1v) is 10.2. The summed E-state index contributed by atoms with van der Waals surface area (Å²) in [6, 6.07) is 7.64. The van der Waals surface area contributed by atoms with Crippen molar-refractivity contribution >= 4 is 27.4 Å². The number of urea groups is 1. The molecule has 1 saturated carbocycles. The lowest BCUT2D eigenvalue weighted by Gasteiger charge is -2.14. The van der Waals surface area contributed by atoms with Crippen molar-refractivity contribution in [1.82, 2.24) is 15.3 Å². The number of carbonyl (C=O) groups excluding carboxylic acids is 1. The maximum atomic E-state index is 12.1. The number of nitrogens with two attached hydrogens (primary N) is 1. The molecule has 0 radical (unpaired) electrons. The highest BCUT2D eigenvalue weighted by Gasteiger charge is 2.55. The summed E-state index contributed by atoms with van der Waals surface area (Å²) in [7, 11) is -3.31. The molecule has 0 saturated heterocycles. The van der Waals surface area contributed by atoms with Crippen molar-refractivity contribution in [3.63, 3.8) is 0 Å². The standard InChI is InChI=1S/C17H20FN5O3S/c1-27(25,26)17(6-7-17)13-10-14(19)23-15(22-13)11-2-4-12(5-3-11)21-16(24)20-9-8-18/h2-5,10H,6-9H2,1H3,(H2,19,22,23)(H2,20,21,24). The largest absolute Gasteiger partial charge is 0.384 e. The zero-order valence-corrected chi connectivity index (χ0v) is 15.5. The van der Waals surface area contributed by atoms with Crippen LogP contribution in [0.1, 0.15) is 18.5 Å². The first-order chi connectivity index (χ1) is 12.7. The first-order valence-electron chi connectivity index (χ1n) is 8.31. The van der Waals surface area contributed by atoms with Gasteiger partial charge in [-0.25, -0.2) is 27.6 Å². The van der Waals surface area contributed by atoms with Gasteiger partial charge in [-0.3, -0.25) is 0 Å². The van der Waals surface area contributed by atoms with Gasteiger partial charge in [0.15, 0.2) is 15.7 Å². The van der Waals surface area contributed by atoms with E-state index in [0.29, 0.717) is 35.6 Å². The number of halogens is 1. The van der Waals surface area contributed by atoms with Gasteiger partial charge in [-0.1, -0.05) is 0 Å². The van der Waals surface area contributed by atoms with Crippen molar-refractivity contribution in [1.29, 1.82) is 0 Å².